The van der Waals surface area contributed by atoms with Gasteiger partial charge in [-0.25, -0.2) is 0 Å². The molecule has 22 heteroatoms. The monoisotopic (exact) mass is 1200 g/mol. The van der Waals surface area contributed by atoms with E-state index in [0.29, 0.717) is 22.4 Å². The van der Waals surface area contributed by atoms with Crippen LogP contribution >= 0.6 is 0 Å². The molecule has 0 radical (unpaired) electrons. The van der Waals surface area contributed by atoms with Crippen molar-refractivity contribution >= 4 is 69.9 Å². The minimum absolute atomic E-state index is 0.0103. The molecule has 13 N–H and O–H groups in total. The fraction of sp³-hybridized carbons (Fsp3) is 0.364. The Morgan fingerprint density at radius 3 is 1.19 bits per heavy atom. The maximum atomic E-state index is 14.9. The lowest BCUT2D eigenvalue weighted by molar-refractivity contribution is -0.141. The number of aliphatic hydroxyl groups excluding tert-OH is 1. The first-order valence-electron chi connectivity index (χ1n) is 29.3. The Kier molecular flexibility index (Phi) is 25.6. The van der Waals surface area contributed by atoms with Crippen LogP contribution in [0.3, 0.4) is 0 Å². The van der Waals surface area contributed by atoms with Gasteiger partial charge in [0, 0.05) is 36.9 Å². The zero-order valence-electron chi connectivity index (χ0n) is 50.0. The van der Waals surface area contributed by atoms with Gasteiger partial charge in [-0.1, -0.05) is 167 Å². The molecule has 8 amide bonds. The largest absolute Gasteiger partial charge is 0.481 e. The highest BCUT2D eigenvalue weighted by Crippen LogP contribution is 2.18. The zero-order chi connectivity index (χ0) is 63.9. The lowest BCUT2D eigenvalue weighted by Gasteiger charge is -2.28. The second-order valence-electron chi connectivity index (χ2n) is 22.6. The molecular weight excluding hydrogens is 1120 g/mol. The summed E-state index contributed by atoms with van der Waals surface area (Å²) in [5, 5.41) is 42.7. The Balaban J connectivity index is 1.24. The Morgan fingerprint density at radius 1 is 0.432 bits per heavy atom. The minimum atomic E-state index is -1.80. The number of nitrogens with one attached hydrogen (secondary N) is 9. The second kappa shape index (κ2) is 33.4. The number of Topliss-reactive ketones (excluding diaryl/α,β-unsaturated/α-hetero) is 1. The number of amides is 8. The molecule has 0 bridgehead atoms. The minimum Gasteiger partial charge on any atom is -0.481 e. The van der Waals surface area contributed by atoms with E-state index in [2.05, 4.69) is 47.5 Å². The number of hydrogen-bond acceptors (Lipinski definition) is 12. The molecule has 88 heavy (non-hydrogen) atoms. The molecule has 1 aromatic heterocycles. The first-order chi connectivity index (χ1) is 42.1. The van der Waals surface area contributed by atoms with Gasteiger partial charge in [0.05, 0.1) is 25.1 Å². The van der Waals surface area contributed by atoms with Crippen LogP contribution in [0, 0.1) is 11.8 Å². The van der Waals surface area contributed by atoms with Crippen LogP contribution in [-0.4, -0.2) is 135 Å². The van der Waals surface area contributed by atoms with Crippen molar-refractivity contribution in [3.63, 3.8) is 0 Å². The topological polar surface area (TPSA) is 349 Å². The quantitative estimate of drug-likeness (QED) is 0.0282. The van der Waals surface area contributed by atoms with Gasteiger partial charge in [-0.05, 0) is 71.4 Å². The zero-order valence-corrected chi connectivity index (χ0v) is 50.0. The van der Waals surface area contributed by atoms with Crippen molar-refractivity contribution < 1.29 is 58.2 Å². The van der Waals surface area contributed by atoms with Gasteiger partial charge in [-0.3, -0.25) is 47.9 Å². The van der Waals surface area contributed by atoms with E-state index in [-0.39, 0.29) is 56.1 Å². The highest BCUT2D eigenvalue weighted by molar-refractivity contribution is 5.99. The van der Waals surface area contributed by atoms with Gasteiger partial charge in [0.15, 0.2) is 5.78 Å². The van der Waals surface area contributed by atoms with Gasteiger partial charge in [-0.15, -0.1) is 0 Å². The van der Waals surface area contributed by atoms with Crippen LogP contribution < -0.4 is 48.3 Å². The predicted molar refractivity (Wildman–Crippen MR) is 330 cm³/mol. The summed E-state index contributed by atoms with van der Waals surface area (Å²) < 4.78 is 0. The van der Waals surface area contributed by atoms with Crippen LogP contribution in [0.4, 0.5) is 0 Å². The van der Waals surface area contributed by atoms with Crippen LogP contribution in [-0.2, 0) is 80.0 Å². The average molecular weight is 1210 g/mol. The molecule has 0 aliphatic heterocycles. The lowest BCUT2D eigenvalue weighted by atomic mass is 9.98. The summed E-state index contributed by atoms with van der Waals surface area (Å²) in [6, 6.07) is 31.5. The number of hydrogen-bond donors (Lipinski definition) is 12. The predicted octanol–water partition coefficient (Wildman–Crippen LogP) is 2.65. The van der Waals surface area contributed by atoms with Crippen LogP contribution in [0.15, 0.2) is 152 Å². The first-order valence-corrected chi connectivity index (χ1v) is 29.3. The third-order valence-electron chi connectivity index (χ3n) is 14.6. The lowest BCUT2D eigenvalue weighted by Crippen LogP contribution is -2.62. The molecule has 5 aromatic carbocycles. The standard InChI is InChI=1S/C66H80N10O12/c1-39(2)30-50(69-59(81)48(67)31-42-20-10-6-11-21-42)60(82)74-55(37-57(79)80)64(86)70-52(33-44-24-14-8-15-25-44)62(84)75-56(38-77)66(88)72-51(32-43-22-12-7-13-23-43)61(83)73-54(36-47-35-46-28-18-19-29-49(46)68-47)63(85)71-53(34-45-26-16-9-17-27-45)65(87)76-58(40(3)4)41(5)78/h6-29,35,39-40,48,50-56,58,68,77H,30-34,36-38,67H2,1-5H3,(H,69,81)(H,70,86)(H,71,85)(H,72,88)(H,73,83)(H,74,82)(H,75,84)(H,76,87)(H,79,80). The molecular formula is C66H80N10O12. The molecule has 0 aliphatic carbocycles. The maximum absolute atomic E-state index is 14.9. The van der Waals surface area contributed by atoms with Crippen LogP contribution in [0.1, 0.15) is 75.4 Å². The molecule has 0 saturated carbocycles. The van der Waals surface area contributed by atoms with E-state index in [1.165, 1.54) is 6.92 Å². The molecule has 6 aromatic rings. The Labute approximate surface area is 511 Å². The van der Waals surface area contributed by atoms with E-state index in [1.54, 1.807) is 149 Å². The normalized spacial score (nSPS) is 14.3. The number of rotatable bonds is 33. The number of H-pyrrole nitrogens is 1. The number of para-hydroxylation sites is 1. The van der Waals surface area contributed by atoms with Crippen molar-refractivity contribution in [1.29, 1.82) is 0 Å². The second-order valence-corrected chi connectivity index (χ2v) is 22.6. The highest BCUT2D eigenvalue weighted by Gasteiger charge is 2.36. The fourth-order valence-corrected chi connectivity index (χ4v) is 10.00. The van der Waals surface area contributed by atoms with Crippen LogP contribution in [0.5, 0.6) is 0 Å². The SMILES string of the molecule is CC(=O)C(NC(=O)C(Cc1ccccc1)NC(=O)C(Cc1cc2ccccc2[nH]1)NC(=O)C(Cc1ccccc1)NC(=O)C(CO)NC(=O)C(Cc1ccccc1)NC(=O)C(CC(=O)O)NC(=O)C(CC(C)C)NC(=O)C(N)Cc1ccccc1)C(C)C. The van der Waals surface area contributed by atoms with Gasteiger partial charge < -0.3 is 63.5 Å². The molecule has 22 nitrogen and oxygen atoms in total. The Morgan fingerprint density at radius 2 is 0.784 bits per heavy atom. The molecule has 466 valence electrons. The third kappa shape index (κ3) is 21.2. The van der Waals surface area contributed by atoms with Gasteiger partial charge >= 0.3 is 5.97 Å². The third-order valence-corrected chi connectivity index (χ3v) is 14.6. The molecule has 0 saturated heterocycles. The number of benzene rings is 5. The summed E-state index contributed by atoms with van der Waals surface area (Å²) >= 11 is 0. The number of carboxylic acid groups (broad SMARTS) is 1. The van der Waals surface area contributed by atoms with Crippen molar-refractivity contribution in [1.82, 2.24) is 47.5 Å². The number of aliphatic hydroxyl groups is 1. The maximum Gasteiger partial charge on any atom is 0.305 e. The molecule has 0 aliphatic rings. The van der Waals surface area contributed by atoms with Crippen molar-refractivity contribution in [2.45, 2.75) is 134 Å². The number of carbonyl (C=O) groups excluding carboxylic acids is 9. The summed E-state index contributed by atoms with van der Waals surface area (Å²) in [6.07, 6.45) is -1.26. The van der Waals surface area contributed by atoms with Gasteiger partial charge in [0.1, 0.15) is 42.3 Å². The molecule has 0 spiro atoms. The fourth-order valence-electron chi connectivity index (χ4n) is 10.00. The highest BCUT2D eigenvalue weighted by atomic mass is 16.4. The number of aliphatic carboxylic acids is 1. The van der Waals surface area contributed by atoms with Crippen molar-refractivity contribution in [2.24, 2.45) is 17.6 Å². The van der Waals surface area contributed by atoms with Gasteiger partial charge in [0.2, 0.25) is 47.3 Å². The Bertz CT molecular complexity index is 3290. The van der Waals surface area contributed by atoms with Crippen molar-refractivity contribution in [2.75, 3.05) is 6.61 Å². The van der Waals surface area contributed by atoms with Crippen molar-refractivity contribution in [3.05, 3.63) is 180 Å². The number of aromatic amines is 1. The van der Waals surface area contributed by atoms with Gasteiger partial charge in [0.25, 0.3) is 0 Å². The summed E-state index contributed by atoms with van der Waals surface area (Å²) in [5.41, 5.74) is 10.0. The van der Waals surface area contributed by atoms with E-state index >= 15 is 0 Å². The van der Waals surface area contributed by atoms with E-state index in [1.807, 2.05) is 30.3 Å². The van der Waals surface area contributed by atoms with E-state index in [0.717, 1.165) is 16.5 Å². The first kappa shape index (κ1) is 67.6. The number of fused-ring (bicyclic) bond motifs is 1. The number of aromatic nitrogens is 1. The smallest absolute Gasteiger partial charge is 0.305 e. The molecule has 9 atom stereocenters. The summed E-state index contributed by atoms with van der Waals surface area (Å²) in [5.74, 6) is -9.28. The Hall–Kier alpha value is -9.54. The van der Waals surface area contributed by atoms with E-state index in [9.17, 15) is 58.2 Å². The summed E-state index contributed by atoms with van der Waals surface area (Å²) in [4.78, 5) is 142. The number of nitrogens with two attached hydrogens (primary N) is 1. The average Bonchev–Trinajstić information content (AvgIpc) is 4.12. The number of carbonyl (C=O) groups is 10. The molecule has 1 heterocycles. The van der Waals surface area contributed by atoms with Gasteiger partial charge in [-0.2, -0.15) is 0 Å². The molecule has 9 unspecified atom stereocenters. The van der Waals surface area contributed by atoms with E-state index < -0.39 is 121 Å². The van der Waals surface area contributed by atoms with Crippen LogP contribution in [0.25, 0.3) is 10.9 Å². The van der Waals surface area contributed by atoms with Crippen molar-refractivity contribution in [3.8, 4) is 0 Å². The van der Waals surface area contributed by atoms with Crippen LogP contribution in [0.2, 0.25) is 0 Å². The summed E-state index contributed by atoms with van der Waals surface area (Å²) in [6.45, 7) is 7.47. The molecule has 0 fully saturated rings. The summed E-state index contributed by atoms with van der Waals surface area (Å²) in [7, 11) is 0. The number of carboxylic acids is 1. The van der Waals surface area contributed by atoms with E-state index in [4.69, 9.17) is 5.73 Å². The number of ketones is 1. The molecule has 6 rings (SSSR count).